The highest BCUT2D eigenvalue weighted by atomic mass is 14.9. The minimum absolute atomic E-state index is 0.506. The highest BCUT2D eigenvalue weighted by molar-refractivity contribution is 4.91. The van der Waals surface area contributed by atoms with E-state index in [9.17, 15) is 0 Å². The van der Waals surface area contributed by atoms with Crippen molar-refractivity contribution in [3.63, 3.8) is 0 Å². The number of unbranched alkanes of at least 4 members (excludes halogenated alkanes) is 2. The van der Waals surface area contributed by atoms with E-state index in [4.69, 9.17) is 5.73 Å². The molecular weight excluding hydrogens is 148 g/mol. The molecule has 0 unspecified atom stereocenters. The lowest BCUT2D eigenvalue weighted by Gasteiger charge is -2.12. The van der Waals surface area contributed by atoms with Crippen LogP contribution in [0.2, 0.25) is 0 Å². The topological polar surface area (TPSA) is 38.0 Å². The van der Waals surface area contributed by atoms with Gasteiger partial charge in [0.2, 0.25) is 0 Å². The second-order valence-electron chi connectivity index (χ2n) is 3.50. The van der Waals surface area contributed by atoms with E-state index < -0.39 is 0 Å². The van der Waals surface area contributed by atoms with Crippen LogP contribution in [0.5, 0.6) is 0 Å². The monoisotopic (exact) mass is 170 g/mol. The van der Waals surface area contributed by atoms with E-state index in [2.05, 4.69) is 25.7 Å². The molecule has 0 bridgehead atoms. The van der Waals surface area contributed by atoms with Crippen molar-refractivity contribution >= 4 is 0 Å². The van der Waals surface area contributed by atoms with Crippen LogP contribution in [-0.2, 0) is 0 Å². The summed E-state index contributed by atoms with van der Waals surface area (Å²) in [5, 5.41) is 3.29. The molecule has 0 aliphatic heterocycles. The predicted octanol–water partition coefficient (Wildman–Crippen LogP) is 2.02. The summed E-state index contributed by atoms with van der Waals surface area (Å²) in [6.07, 6.45) is 4.64. The number of nitrogens with one attached hydrogen (secondary N) is 1. The molecule has 0 fully saturated rings. The molecule has 0 aromatic rings. The molecule has 2 heteroatoms. The van der Waals surface area contributed by atoms with Crippen LogP contribution in [0.1, 0.15) is 39.5 Å². The minimum atomic E-state index is 0.506. The Hall–Kier alpha value is -0.500. The SMILES string of the molecule is C=C(CCCCCN)NC(C)C. The van der Waals surface area contributed by atoms with Crippen molar-refractivity contribution in [2.75, 3.05) is 6.54 Å². The zero-order valence-electron chi connectivity index (χ0n) is 8.40. The molecular formula is C10H22N2. The quantitative estimate of drug-likeness (QED) is 0.574. The van der Waals surface area contributed by atoms with E-state index in [0.29, 0.717) is 6.04 Å². The average Bonchev–Trinajstić information content (AvgIpc) is 1.97. The fourth-order valence-corrected chi connectivity index (χ4v) is 1.14. The third-order valence-electron chi connectivity index (χ3n) is 1.68. The first kappa shape index (κ1) is 11.5. The molecule has 0 rings (SSSR count). The molecule has 3 N–H and O–H groups in total. The molecule has 0 saturated carbocycles. The van der Waals surface area contributed by atoms with Crippen LogP contribution in [0, 0.1) is 0 Å². The normalized spacial score (nSPS) is 10.3. The summed E-state index contributed by atoms with van der Waals surface area (Å²) in [5.74, 6) is 0. The summed E-state index contributed by atoms with van der Waals surface area (Å²) in [4.78, 5) is 0. The van der Waals surface area contributed by atoms with Crippen molar-refractivity contribution in [2.24, 2.45) is 5.73 Å². The number of hydrogen-bond acceptors (Lipinski definition) is 2. The van der Waals surface area contributed by atoms with Crippen molar-refractivity contribution in [3.05, 3.63) is 12.3 Å². The van der Waals surface area contributed by atoms with Crippen molar-refractivity contribution in [2.45, 2.75) is 45.6 Å². The first-order valence-electron chi connectivity index (χ1n) is 4.81. The summed E-state index contributed by atoms with van der Waals surface area (Å²) in [7, 11) is 0. The number of allylic oxidation sites excluding steroid dienone is 1. The van der Waals surface area contributed by atoms with Crippen LogP contribution >= 0.6 is 0 Å². The van der Waals surface area contributed by atoms with Crippen molar-refractivity contribution in [1.29, 1.82) is 0 Å². The van der Waals surface area contributed by atoms with Gasteiger partial charge in [0.15, 0.2) is 0 Å². The van der Waals surface area contributed by atoms with Crippen LogP contribution in [-0.4, -0.2) is 12.6 Å². The maximum Gasteiger partial charge on any atom is 0.0201 e. The van der Waals surface area contributed by atoms with E-state index in [1.54, 1.807) is 0 Å². The molecule has 0 atom stereocenters. The third kappa shape index (κ3) is 7.61. The molecule has 0 saturated heterocycles. The lowest BCUT2D eigenvalue weighted by molar-refractivity contribution is 0.609. The Morgan fingerprint density at radius 1 is 1.33 bits per heavy atom. The largest absolute Gasteiger partial charge is 0.387 e. The van der Waals surface area contributed by atoms with Gasteiger partial charge < -0.3 is 11.1 Å². The van der Waals surface area contributed by atoms with Crippen LogP contribution in [0.25, 0.3) is 0 Å². The molecule has 0 aliphatic rings. The highest BCUT2D eigenvalue weighted by Gasteiger charge is 1.95. The van der Waals surface area contributed by atoms with Gasteiger partial charge in [0.25, 0.3) is 0 Å². The Morgan fingerprint density at radius 2 is 2.00 bits per heavy atom. The number of hydrogen-bond donors (Lipinski definition) is 2. The van der Waals surface area contributed by atoms with Gasteiger partial charge in [-0.25, -0.2) is 0 Å². The average molecular weight is 170 g/mol. The molecule has 0 aromatic heterocycles. The predicted molar refractivity (Wildman–Crippen MR) is 54.9 cm³/mol. The van der Waals surface area contributed by atoms with Crippen LogP contribution < -0.4 is 11.1 Å². The zero-order chi connectivity index (χ0) is 9.40. The van der Waals surface area contributed by atoms with Gasteiger partial charge in [-0.1, -0.05) is 13.0 Å². The van der Waals surface area contributed by atoms with Gasteiger partial charge >= 0.3 is 0 Å². The molecule has 72 valence electrons. The Bertz CT molecular complexity index is 119. The van der Waals surface area contributed by atoms with Gasteiger partial charge in [0.05, 0.1) is 0 Å². The molecule has 0 radical (unpaired) electrons. The molecule has 2 nitrogen and oxygen atoms in total. The van der Waals surface area contributed by atoms with Crippen LogP contribution in [0.15, 0.2) is 12.3 Å². The van der Waals surface area contributed by atoms with Gasteiger partial charge in [-0.2, -0.15) is 0 Å². The fourth-order valence-electron chi connectivity index (χ4n) is 1.14. The van der Waals surface area contributed by atoms with Gasteiger partial charge in [0, 0.05) is 11.7 Å². The van der Waals surface area contributed by atoms with Gasteiger partial charge in [-0.3, -0.25) is 0 Å². The Morgan fingerprint density at radius 3 is 2.50 bits per heavy atom. The molecule has 0 aliphatic carbocycles. The second-order valence-corrected chi connectivity index (χ2v) is 3.50. The third-order valence-corrected chi connectivity index (χ3v) is 1.68. The Balaban J connectivity index is 3.20. The lowest BCUT2D eigenvalue weighted by Crippen LogP contribution is -2.21. The molecule has 0 spiro atoms. The molecule has 0 heterocycles. The lowest BCUT2D eigenvalue weighted by atomic mass is 10.1. The van der Waals surface area contributed by atoms with Crippen LogP contribution in [0.3, 0.4) is 0 Å². The maximum atomic E-state index is 5.39. The van der Waals surface area contributed by atoms with Crippen molar-refractivity contribution in [3.8, 4) is 0 Å². The van der Waals surface area contributed by atoms with E-state index in [-0.39, 0.29) is 0 Å². The summed E-state index contributed by atoms with van der Waals surface area (Å²) < 4.78 is 0. The van der Waals surface area contributed by atoms with Gasteiger partial charge in [-0.05, 0) is 39.7 Å². The highest BCUT2D eigenvalue weighted by Crippen LogP contribution is 2.04. The molecule has 0 aromatic carbocycles. The van der Waals surface area contributed by atoms with E-state index in [1.165, 1.54) is 12.8 Å². The molecule has 0 amide bonds. The summed E-state index contributed by atoms with van der Waals surface area (Å²) in [6.45, 7) is 9.02. The standard InChI is InChI=1S/C10H22N2/c1-9(2)12-10(3)7-5-4-6-8-11/h9,12H,3-8,11H2,1-2H3. The number of rotatable bonds is 7. The van der Waals surface area contributed by atoms with E-state index >= 15 is 0 Å². The molecule has 12 heavy (non-hydrogen) atoms. The van der Waals surface area contributed by atoms with E-state index in [1.807, 2.05) is 0 Å². The zero-order valence-corrected chi connectivity index (χ0v) is 8.40. The van der Waals surface area contributed by atoms with Crippen molar-refractivity contribution in [1.82, 2.24) is 5.32 Å². The summed E-state index contributed by atoms with van der Waals surface area (Å²) >= 11 is 0. The summed E-state index contributed by atoms with van der Waals surface area (Å²) in [6, 6.07) is 0.506. The minimum Gasteiger partial charge on any atom is -0.387 e. The fraction of sp³-hybridized carbons (Fsp3) is 0.800. The number of nitrogens with two attached hydrogens (primary N) is 1. The Labute approximate surface area is 76.2 Å². The van der Waals surface area contributed by atoms with Gasteiger partial charge in [-0.15, -0.1) is 0 Å². The first-order chi connectivity index (χ1) is 5.66. The van der Waals surface area contributed by atoms with Crippen LogP contribution in [0.4, 0.5) is 0 Å². The Kier molecular flexibility index (Phi) is 6.87. The van der Waals surface area contributed by atoms with E-state index in [0.717, 1.165) is 25.1 Å². The van der Waals surface area contributed by atoms with Crippen molar-refractivity contribution < 1.29 is 0 Å². The second kappa shape index (κ2) is 7.17. The first-order valence-corrected chi connectivity index (χ1v) is 4.81. The smallest absolute Gasteiger partial charge is 0.0201 e. The maximum absolute atomic E-state index is 5.39. The summed E-state index contributed by atoms with van der Waals surface area (Å²) in [5.41, 5.74) is 6.54. The van der Waals surface area contributed by atoms with Gasteiger partial charge in [0.1, 0.15) is 0 Å².